The summed E-state index contributed by atoms with van der Waals surface area (Å²) in [6.07, 6.45) is 8.42. The Bertz CT molecular complexity index is 117. The lowest BCUT2D eigenvalue weighted by molar-refractivity contribution is 0.0465. The number of rotatable bonds is 3. The zero-order chi connectivity index (χ0) is 7.94. The van der Waals surface area contributed by atoms with Crippen LogP contribution in [0.3, 0.4) is 0 Å². The van der Waals surface area contributed by atoms with Gasteiger partial charge in [-0.2, -0.15) is 0 Å². The molecule has 2 nitrogen and oxygen atoms in total. The predicted octanol–water partition coefficient (Wildman–Crippen LogP) is 1.33. The molecule has 0 radical (unpaired) electrons. The molecule has 0 saturated carbocycles. The fourth-order valence-electron chi connectivity index (χ4n) is 1.26. The van der Waals surface area contributed by atoms with Crippen molar-refractivity contribution in [1.82, 2.24) is 5.32 Å². The molecule has 2 heteroatoms. The van der Waals surface area contributed by atoms with Crippen LogP contribution in [0.4, 0.5) is 0 Å². The molecule has 0 aliphatic carbocycles. The van der Waals surface area contributed by atoms with Gasteiger partial charge in [-0.05, 0) is 26.3 Å². The second-order valence-electron chi connectivity index (χ2n) is 2.89. The van der Waals surface area contributed by atoms with E-state index in [0.29, 0.717) is 6.10 Å². The quantitative estimate of drug-likeness (QED) is 0.621. The van der Waals surface area contributed by atoms with Crippen LogP contribution in [0.25, 0.3) is 0 Å². The van der Waals surface area contributed by atoms with Crippen LogP contribution in [-0.2, 0) is 4.74 Å². The van der Waals surface area contributed by atoms with Gasteiger partial charge in [0.15, 0.2) is 0 Å². The van der Waals surface area contributed by atoms with Crippen LogP contribution >= 0.6 is 0 Å². The van der Waals surface area contributed by atoms with Crippen molar-refractivity contribution < 1.29 is 4.74 Å². The normalized spacial score (nSPS) is 26.1. The van der Waals surface area contributed by atoms with Gasteiger partial charge in [0.1, 0.15) is 0 Å². The van der Waals surface area contributed by atoms with Crippen LogP contribution in [0.1, 0.15) is 19.3 Å². The zero-order valence-corrected chi connectivity index (χ0v) is 7.18. The van der Waals surface area contributed by atoms with E-state index in [9.17, 15) is 0 Å². The molecule has 0 aromatic rings. The van der Waals surface area contributed by atoms with Crippen molar-refractivity contribution in [2.24, 2.45) is 0 Å². The van der Waals surface area contributed by atoms with Crippen molar-refractivity contribution in [3.8, 4) is 0 Å². The Morgan fingerprint density at radius 1 is 1.55 bits per heavy atom. The van der Waals surface area contributed by atoms with E-state index in [-0.39, 0.29) is 0 Å². The average Bonchev–Trinajstić information content (AvgIpc) is 2.07. The first kappa shape index (κ1) is 8.75. The van der Waals surface area contributed by atoms with Crippen LogP contribution in [0, 0.1) is 0 Å². The van der Waals surface area contributed by atoms with E-state index >= 15 is 0 Å². The molecule has 1 aliphatic heterocycles. The van der Waals surface area contributed by atoms with E-state index in [2.05, 4.69) is 17.5 Å². The molecule has 1 fully saturated rings. The van der Waals surface area contributed by atoms with Crippen LogP contribution in [0.15, 0.2) is 12.2 Å². The molecule has 1 heterocycles. The first-order valence-electron chi connectivity index (χ1n) is 4.36. The maximum absolute atomic E-state index is 5.51. The molecule has 1 saturated heterocycles. The smallest absolute Gasteiger partial charge is 0.0756 e. The summed E-state index contributed by atoms with van der Waals surface area (Å²) in [4.78, 5) is 0. The molecular formula is C9H17NO. The van der Waals surface area contributed by atoms with Crippen molar-refractivity contribution in [3.63, 3.8) is 0 Å². The minimum absolute atomic E-state index is 0.386. The largest absolute Gasteiger partial charge is 0.374 e. The van der Waals surface area contributed by atoms with Crippen LogP contribution < -0.4 is 5.32 Å². The summed E-state index contributed by atoms with van der Waals surface area (Å²) in [5.74, 6) is 0. The fraction of sp³-hybridized carbons (Fsp3) is 0.778. The summed E-state index contributed by atoms with van der Waals surface area (Å²) >= 11 is 0. The molecule has 64 valence electrons. The van der Waals surface area contributed by atoms with Gasteiger partial charge in [0.25, 0.3) is 0 Å². The van der Waals surface area contributed by atoms with Crippen LogP contribution in [0.5, 0.6) is 0 Å². The second-order valence-corrected chi connectivity index (χ2v) is 2.89. The molecule has 0 spiro atoms. The molecule has 1 aliphatic rings. The third-order valence-corrected chi connectivity index (χ3v) is 1.89. The van der Waals surface area contributed by atoms with E-state index in [4.69, 9.17) is 4.74 Å². The van der Waals surface area contributed by atoms with E-state index in [1.54, 1.807) is 0 Å². The van der Waals surface area contributed by atoms with Gasteiger partial charge in [0, 0.05) is 13.2 Å². The molecule has 0 bridgehead atoms. The van der Waals surface area contributed by atoms with Gasteiger partial charge in [-0.1, -0.05) is 12.2 Å². The van der Waals surface area contributed by atoms with Crippen LogP contribution in [-0.4, -0.2) is 26.3 Å². The maximum atomic E-state index is 5.51. The number of nitrogens with one attached hydrogen (secondary N) is 1. The maximum Gasteiger partial charge on any atom is 0.0756 e. The minimum atomic E-state index is 0.386. The first-order chi connectivity index (χ1) is 5.43. The zero-order valence-electron chi connectivity index (χ0n) is 7.18. The van der Waals surface area contributed by atoms with Gasteiger partial charge in [0.05, 0.1) is 6.10 Å². The van der Waals surface area contributed by atoms with E-state index in [1.165, 1.54) is 19.3 Å². The molecule has 0 amide bonds. The van der Waals surface area contributed by atoms with Crippen molar-refractivity contribution >= 4 is 0 Å². The van der Waals surface area contributed by atoms with E-state index in [0.717, 1.165) is 13.2 Å². The minimum Gasteiger partial charge on any atom is -0.374 e. The topological polar surface area (TPSA) is 21.3 Å². The van der Waals surface area contributed by atoms with Gasteiger partial charge in [0.2, 0.25) is 0 Å². The van der Waals surface area contributed by atoms with Gasteiger partial charge >= 0.3 is 0 Å². The molecule has 1 N–H and O–H groups in total. The monoisotopic (exact) mass is 155 g/mol. The molecule has 0 aromatic carbocycles. The molecule has 1 unspecified atom stereocenters. The van der Waals surface area contributed by atoms with Crippen molar-refractivity contribution in [2.45, 2.75) is 25.4 Å². The number of likely N-dealkylation sites (N-methyl/N-ethyl adjacent to an activating group) is 1. The van der Waals surface area contributed by atoms with Gasteiger partial charge in [-0.25, -0.2) is 0 Å². The summed E-state index contributed by atoms with van der Waals surface area (Å²) < 4.78 is 5.51. The van der Waals surface area contributed by atoms with E-state index < -0.39 is 0 Å². The Balaban J connectivity index is 2.13. The third kappa shape index (κ3) is 3.54. The molecular weight excluding hydrogens is 138 g/mol. The average molecular weight is 155 g/mol. The highest BCUT2D eigenvalue weighted by molar-refractivity contribution is 4.91. The Hall–Kier alpha value is -0.340. The van der Waals surface area contributed by atoms with Gasteiger partial charge < -0.3 is 10.1 Å². The standard InChI is InChI=1S/C9H17NO/c1-10-7-4-6-9-5-2-3-8-11-9/h4,6,9-10H,2-3,5,7-8H2,1H3/b6-4-. The van der Waals surface area contributed by atoms with Crippen molar-refractivity contribution in [1.29, 1.82) is 0 Å². The number of hydrogen-bond donors (Lipinski definition) is 1. The van der Waals surface area contributed by atoms with Crippen molar-refractivity contribution in [2.75, 3.05) is 20.2 Å². The summed E-state index contributed by atoms with van der Waals surface area (Å²) in [7, 11) is 1.95. The number of hydrogen-bond acceptors (Lipinski definition) is 2. The number of ether oxygens (including phenoxy) is 1. The highest BCUT2D eigenvalue weighted by Gasteiger charge is 2.08. The van der Waals surface area contributed by atoms with Crippen molar-refractivity contribution in [3.05, 3.63) is 12.2 Å². The fourth-order valence-corrected chi connectivity index (χ4v) is 1.26. The lowest BCUT2D eigenvalue weighted by atomic mass is 10.1. The summed E-state index contributed by atoms with van der Waals surface area (Å²) in [5, 5.41) is 3.06. The SMILES string of the molecule is CNC/C=C\C1CCCCO1. The predicted molar refractivity (Wildman–Crippen MR) is 46.7 cm³/mol. The first-order valence-corrected chi connectivity index (χ1v) is 4.36. The summed E-state index contributed by atoms with van der Waals surface area (Å²) in [6.45, 7) is 1.88. The second kappa shape index (κ2) is 5.33. The highest BCUT2D eigenvalue weighted by atomic mass is 16.5. The molecule has 11 heavy (non-hydrogen) atoms. The summed E-state index contributed by atoms with van der Waals surface area (Å²) in [6, 6.07) is 0. The highest BCUT2D eigenvalue weighted by Crippen LogP contribution is 2.12. The molecule has 1 atom stereocenters. The Morgan fingerprint density at radius 3 is 3.09 bits per heavy atom. The Kier molecular flexibility index (Phi) is 4.24. The molecule has 1 rings (SSSR count). The third-order valence-electron chi connectivity index (χ3n) is 1.89. The van der Waals surface area contributed by atoms with Crippen LogP contribution in [0.2, 0.25) is 0 Å². The molecule has 0 aromatic heterocycles. The van der Waals surface area contributed by atoms with Gasteiger partial charge in [-0.3, -0.25) is 0 Å². The lowest BCUT2D eigenvalue weighted by Crippen LogP contribution is -2.16. The Labute approximate surface area is 68.6 Å². The summed E-state index contributed by atoms with van der Waals surface area (Å²) in [5.41, 5.74) is 0. The lowest BCUT2D eigenvalue weighted by Gasteiger charge is -2.19. The van der Waals surface area contributed by atoms with Gasteiger partial charge in [-0.15, -0.1) is 0 Å². The van der Waals surface area contributed by atoms with E-state index in [1.807, 2.05) is 7.05 Å². The Morgan fingerprint density at radius 2 is 2.45 bits per heavy atom.